The number of carbonyl (C=O) groups is 2. The molecule has 2 amide bonds. The van der Waals surface area contributed by atoms with Crippen molar-refractivity contribution < 1.29 is 9.59 Å². The van der Waals surface area contributed by atoms with E-state index in [0.717, 1.165) is 11.3 Å². The molecule has 132 valence electrons. The Balaban J connectivity index is 1.59. The van der Waals surface area contributed by atoms with Crippen LogP contribution in [-0.2, 0) is 4.79 Å². The van der Waals surface area contributed by atoms with E-state index in [1.54, 1.807) is 49.4 Å². The third-order valence-corrected chi connectivity index (χ3v) is 3.77. The molecule has 0 spiro atoms. The van der Waals surface area contributed by atoms with Gasteiger partial charge in [-0.1, -0.05) is 17.7 Å². The third-order valence-electron chi connectivity index (χ3n) is 3.77. The van der Waals surface area contributed by atoms with Crippen LogP contribution in [-0.4, -0.2) is 38.1 Å². The highest BCUT2D eigenvalue weighted by molar-refractivity contribution is 6.01. The van der Waals surface area contributed by atoms with Crippen LogP contribution in [0.2, 0.25) is 0 Å². The minimum Gasteiger partial charge on any atom is -0.341 e. The number of nitrogens with zero attached hydrogens (tertiary/aromatic N) is 4. The second kappa shape index (κ2) is 7.56. The maximum Gasteiger partial charge on any atom is 0.251 e. The molecule has 1 aromatic heterocycles. The van der Waals surface area contributed by atoms with Gasteiger partial charge in [-0.25, -0.2) is 4.68 Å². The Labute approximate surface area is 150 Å². The van der Waals surface area contributed by atoms with E-state index in [1.165, 1.54) is 11.0 Å². The van der Waals surface area contributed by atoms with Crippen molar-refractivity contribution in [3.63, 3.8) is 0 Å². The van der Waals surface area contributed by atoms with Gasteiger partial charge in [-0.05, 0) is 60.7 Å². The normalized spacial score (nSPS) is 11.6. The van der Waals surface area contributed by atoms with E-state index < -0.39 is 6.04 Å². The summed E-state index contributed by atoms with van der Waals surface area (Å²) in [4.78, 5) is 24.5. The Kier molecular flexibility index (Phi) is 5.02. The number of anilines is 1. The van der Waals surface area contributed by atoms with Crippen LogP contribution in [0.5, 0.6) is 0 Å². The molecule has 0 saturated heterocycles. The Hall–Kier alpha value is -3.55. The van der Waals surface area contributed by atoms with Crippen LogP contribution in [0.15, 0.2) is 54.9 Å². The molecule has 0 aliphatic rings. The first kappa shape index (κ1) is 17.3. The number of rotatable bonds is 5. The number of aryl methyl sites for hydroxylation is 1. The molecule has 0 aliphatic carbocycles. The zero-order valence-electron chi connectivity index (χ0n) is 14.4. The van der Waals surface area contributed by atoms with Crippen molar-refractivity contribution in [1.82, 2.24) is 25.5 Å². The largest absolute Gasteiger partial charge is 0.341 e. The molecule has 0 radical (unpaired) electrons. The van der Waals surface area contributed by atoms with E-state index in [9.17, 15) is 9.59 Å². The first-order valence-corrected chi connectivity index (χ1v) is 8.05. The van der Waals surface area contributed by atoms with Gasteiger partial charge in [-0.15, -0.1) is 5.10 Å². The van der Waals surface area contributed by atoms with E-state index in [1.807, 2.05) is 13.0 Å². The van der Waals surface area contributed by atoms with Gasteiger partial charge in [-0.2, -0.15) is 0 Å². The van der Waals surface area contributed by atoms with Crippen LogP contribution in [0.1, 0.15) is 22.8 Å². The monoisotopic (exact) mass is 350 g/mol. The number of tetrazole rings is 1. The van der Waals surface area contributed by atoms with Crippen molar-refractivity contribution in [1.29, 1.82) is 0 Å². The number of hydrogen-bond acceptors (Lipinski definition) is 5. The lowest BCUT2D eigenvalue weighted by molar-refractivity contribution is -0.117. The minimum atomic E-state index is -0.679. The lowest BCUT2D eigenvalue weighted by Crippen LogP contribution is -2.41. The van der Waals surface area contributed by atoms with Gasteiger partial charge in [-0.3, -0.25) is 9.59 Å². The lowest BCUT2D eigenvalue weighted by atomic mass is 10.1. The summed E-state index contributed by atoms with van der Waals surface area (Å²) in [7, 11) is 0. The van der Waals surface area contributed by atoms with Gasteiger partial charge in [0.25, 0.3) is 5.91 Å². The van der Waals surface area contributed by atoms with Gasteiger partial charge in [0.15, 0.2) is 0 Å². The Morgan fingerprint density at radius 2 is 1.88 bits per heavy atom. The van der Waals surface area contributed by atoms with Crippen molar-refractivity contribution in [3.8, 4) is 5.69 Å². The van der Waals surface area contributed by atoms with E-state index in [4.69, 9.17) is 0 Å². The van der Waals surface area contributed by atoms with Crippen LogP contribution in [0.25, 0.3) is 5.69 Å². The van der Waals surface area contributed by atoms with E-state index >= 15 is 0 Å². The van der Waals surface area contributed by atoms with Gasteiger partial charge in [0.2, 0.25) is 5.91 Å². The quantitative estimate of drug-likeness (QED) is 0.730. The highest BCUT2D eigenvalue weighted by Crippen LogP contribution is 2.12. The molecule has 0 saturated carbocycles. The molecular weight excluding hydrogens is 332 g/mol. The highest BCUT2D eigenvalue weighted by Gasteiger charge is 2.17. The van der Waals surface area contributed by atoms with Crippen molar-refractivity contribution in [2.45, 2.75) is 19.9 Å². The lowest BCUT2D eigenvalue weighted by Gasteiger charge is -2.14. The topological polar surface area (TPSA) is 102 Å². The van der Waals surface area contributed by atoms with Crippen LogP contribution >= 0.6 is 0 Å². The fourth-order valence-corrected chi connectivity index (χ4v) is 2.36. The first-order chi connectivity index (χ1) is 12.5. The summed E-state index contributed by atoms with van der Waals surface area (Å²) < 4.78 is 1.51. The molecule has 0 bridgehead atoms. The van der Waals surface area contributed by atoms with E-state index in [0.29, 0.717) is 11.3 Å². The molecule has 0 fully saturated rings. The fraction of sp³-hybridized carbons (Fsp3) is 0.167. The van der Waals surface area contributed by atoms with Crippen LogP contribution in [0.4, 0.5) is 5.69 Å². The number of benzene rings is 2. The van der Waals surface area contributed by atoms with Gasteiger partial charge in [0.1, 0.15) is 12.4 Å². The van der Waals surface area contributed by atoms with Crippen molar-refractivity contribution in [3.05, 3.63) is 66.0 Å². The van der Waals surface area contributed by atoms with Gasteiger partial charge in [0, 0.05) is 11.3 Å². The second-order valence-electron chi connectivity index (χ2n) is 5.86. The zero-order valence-corrected chi connectivity index (χ0v) is 14.4. The van der Waals surface area contributed by atoms with Crippen LogP contribution in [0.3, 0.4) is 0 Å². The predicted molar refractivity (Wildman–Crippen MR) is 95.9 cm³/mol. The summed E-state index contributed by atoms with van der Waals surface area (Å²) in [6, 6.07) is 13.6. The molecule has 2 N–H and O–H groups in total. The zero-order chi connectivity index (χ0) is 18.5. The molecule has 8 nitrogen and oxygen atoms in total. The van der Waals surface area contributed by atoms with Crippen molar-refractivity contribution >= 4 is 17.5 Å². The maximum atomic E-state index is 12.3. The van der Waals surface area contributed by atoms with E-state index in [-0.39, 0.29) is 11.8 Å². The third kappa shape index (κ3) is 4.10. The van der Waals surface area contributed by atoms with Crippen molar-refractivity contribution in [2.24, 2.45) is 0 Å². The standard InChI is InChI=1S/C18H18N6O2/c1-12-4-3-5-14(10-12)18(26)20-13(2)17(25)21-15-6-8-16(9-7-15)24-11-19-22-23-24/h3-11,13H,1-2H3,(H,20,26)(H,21,25)/t13-/m0/s1. The van der Waals surface area contributed by atoms with Crippen LogP contribution < -0.4 is 10.6 Å². The molecule has 3 aromatic rings. The Bertz CT molecular complexity index is 906. The molecule has 3 rings (SSSR count). The second-order valence-corrected chi connectivity index (χ2v) is 5.86. The van der Waals surface area contributed by atoms with Gasteiger partial charge >= 0.3 is 0 Å². The van der Waals surface area contributed by atoms with Gasteiger partial charge < -0.3 is 10.6 Å². The highest BCUT2D eigenvalue weighted by atomic mass is 16.2. The first-order valence-electron chi connectivity index (χ1n) is 8.05. The number of amides is 2. The minimum absolute atomic E-state index is 0.287. The maximum absolute atomic E-state index is 12.3. The molecule has 8 heteroatoms. The number of nitrogens with one attached hydrogen (secondary N) is 2. The number of aromatic nitrogens is 4. The Morgan fingerprint density at radius 1 is 1.12 bits per heavy atom. The summed E-state index contributed by atoms with van der Waals surface area (Å²) >= 11 is 0. The molecule has 26 heavy (non-hydrogen) atoms. The fourth-order valence-electron chi connectivity index (χ4n) is 2.36. The predicted octanol–water partition coefficient (Wildman–Crippen LogP) is 1.73. The van der Waals surface area contributed by atoms with Gasteiger partial charge in [0.05, 0.1) is 5.69 Å². The van der Waals surface area contributed by atoms with Crippen molar-refractivity contribution in [2.75, 3.05) is 5.32 Å². The SMILES string of the molecule is Cc1cccc(C(=O)N[C@@H](C)C(=O)Nc2ccc(-n3cnnn3)cc2)c1. The summed E-state index contributed by atoms with van der Waals surface area (Å²) in [5, 5.41) is 16.4. The summed E-state index contributed by atoms with van der Waals surface area (Å²) in [6.07, 6.45) is 1.48. The summed E-state index contributed by atoms with van der Waals surface area (Å²) in [5.74, 6) is -0.591. The van der Waals surface area contributed by atoms with E-state index in [2.05, 4.69) is 26.2 Å². The summed E-state index contributed by atoms with van der Waals surface area (Å²) in [5.41, 5.74) is 2.89. The Morgan fingerprint density at radius 3 is 2.54 bits per heavy atom. The molecule has 0 unspecified atom stereocenters. The molecule has 1 atom stereocenters. The molecule has 2 aromatic carbocycles. The number of carbonyl (C=O) groups excluding carboxylic acids is 2. The molecular formula is C18H18N6O2. The smallest absolute Gasteiger partial charge is 0.251 e. The summed E-state index contributed by atoms with van der Waals surface area (Å²) in [6.45, 7) is 3.55. The van der Waals surface area contributed by atoms with Crippen LogP contribution in [0, 0.1) is 6.92 Å². The number of hydrogen-bond donors (Lipinski definition) is 2. The molecule has 1 heterocycles. The average molecular weight is 350 g/mol. The average Bonchev–Trinajstić information content (AvgIpc) is 3.17. The molecule has 0 aliphatic heterocycles.